The molecular weight excluding hydrogens is 324 g/mol. The molecule has 0 saturated carbocycles. The van der Waals surface area contributed by atoms with E-state index in [1.54, 1.807) is 4.98 Å². The van der Waals surface area contributed by atoms with Crippen LogP contribution in [0.25, 0.3) is 0 Å². The number of carbonyl (C=O) groups is 1. The summed E-state index contributed by atoms with van der Waals surface area (Å²) in [6, 6.07) is 0.194. The van der Waals surface area contributed by atoms with Crippen LogP contribution in [0.15, 0.2) is 10.9 Å². The molecule has 0 aliphatic rings. The Morgan fingerprint density at radius 3 is 2.27 bits per heavy atom. The number of rotatable bonds is 4. The lowest BCUT2D eigenvalue weighted by molar-refractivity contribution is -0.276. The summed E-state index contributed by atoms with van der Waals surface area (Å²) in [4.78, 5) is 24.3. The first-order valence-electron chi connectivity index (χ1n) is 5.68. The van der Waals surface area contributed by atoms with Gasteiger partial charge in [0.25, 0.3) is 5.56 Å². The topological polar surface area (TPSA) is 68.4 Å². The largest absolute Gasteiger partial charge is 0.573 e. The van der Waals surface area contributed by atoms with E-state index < -0.39 is 47.5 Å². The summed E-state index contributed by atoms with van der Waals surface area (Å²) in [5.74, 6) is -2.89. The van der Waals surface area contributed by atoms with Crippen molar-refractivity contribution in [1.82, 2.24) is 4.98 Å². The number of pyridine rings is 1. The Hall–Kier alpha value is -2.20. The van der Waals surface area contributed by atoms with E-state index in [2.05, 4.69) is 9.47 Å². The maximum absolute atomic E-state index is 12.8. The third kappa shape index (κ3) is 4.97. The number of nitrogens with one attached hydrogen (secondary N) is 1. The molecule has 5 nitrogen and oxygen atoms in total. The van der Waals surface area contributed by atoms with E-state index in [0.29, 0.717) is 0 Å². The molecule has 1 aromatic heterocycles. The van der Waals surface area contributed by atoms with Crippen molar-refractivity contribution >= 4 is 5.97 Å². The van der Waals surface area contributed by atoms with E-state index in [-0.39, 0.29) is 12.7 Å². The number of hydrogen-bond acceptors (Lipinski definition) is 4. The number of ether oxygens (including phenoxy) is 2. The second-order valence-corrected chi connectivity index (χ2v) is 3.89. The van der Waals surface area contributed by atoms with Crippen molar-refractivity contribution in [2.24, 2.45) is 0 Å². The third-order valence-corrected chi connectivity index (χ3v) is 2.21. The minimum atomic E-state index is -5.48. The average molecular weight is 333 g/mol. The van der Waals surface area contributed by atoms with E-state index >= 15 is 0 Å². The zero-order chi connectivity index (χ0) is 17.1. The fraction of sp³-hybridized carbons (Fsp3) is 0.455. The number of carbonyl (C=O) groups excluding carboxylic acids is 1. The molecule has 0 amide bonds. The highest BCUT2D eigenvalue weighted by Crippen LogP contribution is 2.36. The van der Waals surface area contributed by atoms with Gasteiger partial charge in [0.15, 0.2) is 0 Å². The van der Waals surface area contributed by atoms with Crippen LogP contribution in [0.1, 0.15) is 18.2 Å². The second kappa shape index (κ2) is 6.28. The van der Waals surface area contributed by atoms with Gasteiger partial charge in [-0.15, -0.1) is 13.2 Å². The van der Waals surface area contributed by atoms with Gasteiger partial charge in [0.05, 0.1) is 13.0 Å². The lowest BCUT2D eigenvalue weighted by Crippen LogP contribution is -2.27. The number of esters is 1. The first kappa shape index (κ1) is 17.9. The van der Waals surface area contributed by atoms with Crippen LogP contribution in [-0.2, 0) is 22.1 Å². The van der Waals surface area contributed by atoms with Crippen molar-refractivity contribution in [2.45, 2.75) is 25.9 Å². The molecule has 0 aliphatic heterocycles. The first-order chi connectivity index (χ1) is 9.94. The number of hydrogen-bond donors (Lipinski definition) is 1. The van der Waals surface area contributed by atoms with Gasteiger partial charge in [0.1, 0.15) is 5.56 Å². The molecule has 0 spiro atoms. The predicted molar refractivity (Wildman–Crippen MR) is 59.1 cm³/mol. The molecule has 0 aromatic carbocycles. The highest BCUT2D eigenvalue weighted by atomic mass is 19.4. The number of aromatic nitrogens is 1. The lowest BCUT2D eigenvalue weighted by Gasteiger charge is -2.15. The highest BCUT2D eigenvalue weighted by Gasteiger charge is 2.41. The van der Waals surface area contributed by atoms with E-state index in [1.165, 1.54) is 6.92 Å². The van der Waals surface area contributed by atoms with Gasteiger partial charge in [-0.1, -0.05) is 0 Å². The molecule has 22 heavy (non-hydrogen) atoms. The Morgan fingerprint density at radius 2 is 1.82 bits per heavy atom. The standard InChI is InChI=1S/C11H9F6NO4/c1-2-21-7(19)4-5-3-6(10(12,13)14)8(9(20)18-5)22-11(15,16)17/h3H,2,4H2,1H3,(H,18,20). The summed E-state index contributed by atoms with van der Waals surface area (Å²) in [7, 11) is 0. The van der Waals surface area contributed by atoms with Crippen molar-refractivity contribution in [3.63, 3.8) is 0 Å². The maximum Gasteiger partial charge on any atom is 0.573 e. The lowest BCUT2D eigenvalue weighted by atomic mass is 10.1. The molecule has 0 fully saturated rings. The summed E-state index contributed by atoms with van der Waals surface area (Å²) < 4.78 is 82.1. The van der Waals surface area contributed by atoms with Crippen LogP contribution in [0.4, 0.5) is 26.3 Å². The Bertz CT molecular complexity index is 604. The van der Waals surface area contributed by atoms with Gasteiger partial charge in [0, 0.05) is 5.69 Å². The molecule has 1 aromatic rings. The van der Waals surface area contributed by atoms with Crippen LogP contribution in [0.3, 0.4) is 0 Å². The molecular formula is C11H9F6NO4. The smallest absolute Gasteiger partial charge is 0.466 e. The summed E-state index contributed by atoms with van der Waals surface area (Å²) in [6.45, 7) is 1.40. The third-order valence-electron chi connectivity index (χ3n) is 2.21. The first-order valence-corrected chi connectivity index (χ1v) is 5.68. The fourth-order valence-electron chi connectivity index (χ4n) is 1.49. The van der Waals surface area contributed by atoms with Crippen molar-refractivity contribution in [3.8, 4) is 5.75 Å². The number of aromatic amines is 1. The monoisotopic (exact) mass is 333 g/mol. The molecule has 1 heterocycles. The molecule has 0 aliphatic carbocycles. The quantitative estimate of drug-likeness (QED) is 0.679. The van der Waals surface area contributed by atoms with Crippen molar-refractivity contribution < 1.29 is 40.6 Å². The predicted octanol–water partition coefficient (Wildman–Crippen LogP) is 2.40. The van der Waals surface area contributed by atoms with Crippen LogP contribution in [-0.4, -0.2) is 23.9 Å². The van der Waals surface area contributed by atoms with Crippen LogP contribution < -0.4 is 10.3 Å². The van der Waals surface area contributed by atoms with Crippen LogP contribution in [0.5, 0.6) is 5.75 Å². The zero-order valence-electron chi connectivity index (χ0n) is 10.9. The molecule has 1 rings (SSSR count). The van der Waals surface area contributed by atoms with Crippen LogP contribution in [0, 0.1) is 0 Å². The van der Waals surface area contributed by atoms with Gasteiger partial charge in [-0.05, 0) is 13.0 Å². The summed E-state index contributed by atoms with van der Waals surface area (Å²) in [5.41, 5.74) is -4.25. The van der Waals surface area contributed by atoms with Gasteiger partial charge in [0.2, 0.25) is 5.75 Å². The molecule has 1 N–H and O–H groups in total. The fourth-order valence-corrected chi connectivity index (χ4v) is 1.49. The minimum Gasteiger partial charge on any atom is -0.466 e. The SMILES string of the molecule is CCOC(=O)Cc1cc(C(F)(F)F)c(OC(F)(F)F)c(=O)[nH]1. The Labute approximate surface area is 118 Å². The number of halogens is 6. The minimum absolute atomic E-state index is 0.0511. The van der Waals surface area contributed by atoms with E-state index in [4.69, 9.17) is 0 Å². The normalized spacial score (nSPS) is 12.1. The second-order valence-electron chi connectivity index (χ2n) is 3.89. The van der Waals surface area contributed by atoms with Crippen LogP contribution in [0.2, 0.25) is 0 Å². The van der Waals surface area contributed by atoms with Crippen molar-refractivity contribution in [2.75, 3.05) is 6.61 Å². The number of H-pyrrole nitrogens is 1. The Balaban J connectivity index is 3.31. The van der Waals surface area contributed by atoms with E-state index in [9.17, 15) is 35.9 Å². The highest BCUT2D eigenvalue weighted by molar-refractivity contribution is 5.72. The molecule has 124 valence electrons. The van der Waals surface area contributed by atoms with Crippen LogP contribution >= 0.6 is 0 Å². The molecule has 0 radical (unpaired) electrons. The van der Waals surface area contributed by atoms with Gasteiger partial charge in [-0.25, -0.2) is 0 Å². The van der Waals surface area contributed by atoms with Gasteiger partial charge < -0.3 is 14.5 Å². The number of alkyl halides is 6. The van der Waals surface area contributed by atoms with E-state index in [1.807, 2.05) is 0 Å². The molecule has 0 saturated heterocycles. The van der Waals surface area contributed by atoms with Crippen molar-refractivity contribution in [3.05, 3.63) is 27.7 Å². The Kier molecular flexibility index (Phi) is 5.09. The zero-order valence-corrected chi connectivity index (χ0v) is 10.9. The molecule has 0 unspecified atom stereocenters. The van der Waals surface area contributed by atoms with E-state index in [0.717, 1.165) is 0 Å². The van der Waals surface area contributed by atoms with Gasteiger partial charge >= 0.3 is 18.5 Å². The van der Waals surface area contributed by atoms with Gasteiger partial charge in [-0.2, -0.15) is 13.2 Å². The maximum atomic E-state index is 12.8. The molecule has 0 bridgehead atoms. The summed E-state index contributed by atoms with van der Waals surface area (Å²) >= 11 is 0. The average Bonchev–Trinajstić information content (AvgIpc) is 2.29. The van der Waals surface area contributed by atoms with Gasteiger partial charge in [-0.3, -0.25) is 9.59 Å². The molecule has 11 heteroatoms. The molecule has 0 atom stereocenters. The van der Waals surface area contributed by atoms with Crippen molar-refractivity contribution in [1.29, 1.82) is 0 Å². The summed E-state index contributed by atoms with van der Waals surface area (Å²) in [6.07, 6.45) is -11.5. The summed E-state index contributed by atoms with van der Waals surface area (Å²) in [5, 5.41) is 0. The Morgan fingerprint density at radius 1 is 1.23 bits per heavy atom.